The van der Waals surface area contributed by atoms with Gasteiger partial charge in [-0.25, -0.2) is 0 Å². The van der Waals surface area contributed by atoms with Crippen molar-refractivity contribution < 1.29 is 13.2 Å². The molecule has 0 N–H and O–H groups in total. The highest BCUT2D eigenvalue weighted by Crippen LogP contribution is 2.38. The van der Waals surface area contributed by atoms with Gasteiger partial charge in [-0.1, -0.05) is 6.07 Å². The molecule has 0 aliphatic rings. The van der Waals surface area contributed by atoms with E-state index in [1.54, 1.807) is 12.1 Å². The van der Waals surface area contributed by atoms with Crippen LogP contribution in [0.4, 0.5) is 13.2 Å². The lowest BCUT2D eigenvalue weighted by atomic mass is 10.1. The van der Waals surface area contributed by atoms with Gasteiger partial charge in [0.25, 0.3) is 0 Å². The number of benzene rings is 1. The molecule has 1 aromatic carbocycles. The van der Waals surface area contributed by atoms with Crippen LogP contribution in [-0.4, -0.2) is 5.51 Å². The second kappa shape index (κ2) is 4.24. The Bertz CT molecular complexity index is 454. The van der Waals surface area contributed by atoms with Gasteiger partial charge in [0.15, 0.2) is 0 Å². The van der Waals surface area contributed by atoms with Gasteiger partial charge in [0.1, 0.15) is 12.1 Å². The van der Waals surface area contributed by atoms with E-state index in [9.17, 15) is 13.2 Å². The van der Waals surface area contributed by atoms with E-state index in [0.29, 0.717) is 0 Å². The molecule has 0 fully saturated rings. The summed E-state index contributed by atoms with van der Waals surface area (Å²) in [7, 11) is 0. The maximum Gasteiger partial charge on any atom is 0.446 e. The van der Waals surface area contributed by atoms with E-state index in [4.69, 9.17) is 10.5 Å². The van der Waals surface area contributed by atoms with E-state index in [1.165, 1.54) is 12.1 Å². The van der Waals surface area contributed by atoms with Crippen molar-refractivity contribution in [3.05, 3.63) is 29.3 Å². The van der Waals surface area contributed by atoms with Crippen LogP contribution in [0.1, 0.15) is 11.1 Å². The van der Waals surface area contributed by atoms with E-state index >= 15 is 0 Å². The number of hydrogen-bond acceptors (Lipinski definition) is 3. The molecular weight excluding hydrogens is 225 g/mol. The fraction of sp³-hybridized carbons (Fsp3) is 0.111. The molecule has 6 heteroatoms. The van der Waals surface area contributed by atoms with Gasteiger partial charge in [0.2, 0.25) is 0 Å². The summed E-state index contributed by atoms with van der Waals surface area (Å²) >= 11 is -0.392. The SMILES string of the molecule is N#Cc1cccc(SC(F)(F)F)c1C#N. The average molecular weight is 228 g/mol. The third-order valence-electron chi connectivity index (χ3n) is 1.48. The van der Waals surface area contributed by atoms with E-state index in [1.807, 2.05) is 0 Å². The van der Waals surface area contributed by atoms with Crippen LogP contribution in [0, 0.1) is 22.7 Å². The highest BCUT2D eigenvalue weighted by Gasteiger charge is 2.30. The normalized spacial score (nSPS) is 10.5. The van der Waals surface area contributed by atoms with Crippen molar-refractivity contribution in [2.24, 2.45) is 0 Å². The van der Waals surface area contributed by atoms with E-state index in [-0.39, 0.29) is 16.0 Å². The minimum atomic E-state index is -4.46. The van der Waals surface area contributed by atoms with Crippen LogP contribution >= 0.6 is 11.8 Å². The van der Waals surface area contributed by atoms with Gasteiger partial charge in [-0.3, -0.25) is 0 Å². The molecule has 0 bridgehead atoms. The molecule has 0 aliphatic heterocycles. The van der Waals surface area contributed by atoms with Gasteiger partial charge < -0.3 is 0 Å². The highest BCUT2D eigenvalue weighted by atomic mass is 32.2. The Labute approximate surface area is 87.9 Å². The lowest BCUT2D eigenvalue weighted by Crippen LogP contribution is -2.01. The fourth-order valence-electron chi connectivity index (χ4n) is 0.949. The zero-order valence-electron chi connectivity index (χ0n) is 7.17. The second-order valence-electron chi connectivity index (χ2n) is 2.45. The lowest BCUT2D eigenvalue weighted by Gasteiger charge is -2.07. The summed E-state index contributed by atoms with van der Waals surface area (Å²) in [5, 5.41) is 17.2. The minimum Gasteiger partial charge on any atom is -0.192 e. The Kier molecular flexibility index (Phi) is 3.23. The largest absolute Gasteiger partial charge is 0.446 e. The second-order valence-corrected chi connectivity index (χ2v) is 3.56. The van der Waals surface area contributed by atoms with Crippen LogP contribution in [0.15, 0.2) is 23.1 Å². The number of nitriles is 2. The molecule has 0 aliphatic carbocycles. The highest BCUT2D eigenvalue weighted by molar-refractivity contribution is 8.00. The number of hydrogen-bond donors (Lipinski definition) is 0. The Morgan fingerprint density at radius 3 is 2.27 bits per heavy atom. The van der Waals surface area contributed by atoms with Crippen LogP contribution in [0.5, 0.6) is 0 Å². The maximum atomic E-state index is 12.1. The zero-order valence-corrected chi connectivity index (χ0v) is 7.99. The number of rotatable bonds is 1. The molecule has 0 radical (unpaired) electrons. The molecule has 15 heavy (non-hydrogen) atoms. The van der Waals surface area contributed by atoms with Gasteiger partial charge in [0, 0.05) is 4.90 Å². The Hall–Kier alpha value is -1.66. The molecule has 2 nitrogen and oxygen atoms in total. The first-order valence-corrected chi connectivity index (χ1v) is 4.48. The molecule has 0 amide bonds. The Morgan fingerprint density at radius 1 is 1.13 bits per heavy atom. The minimum absolute atomic E-state index is 0.0493. The van der Waals surface area contributed by atoms with Crippen molar-refractivity contribution in [3.63, 3.8) is 0 Å². The molecule has 0 saturated heterocycles. The van der Waals surface area contributed by atoms with Gasteiger partial charge in [0.05, 0.1) is 11.1 Å². The van der Waals surface area contributed by atoms with Crippen LogP contribution in [0.2, 0.25) is 0 Å². The summed E-state index contributed by atoms with van der Waals surface area (Å²) in [4.78, 5) is -0.246. The quantitative estimate of drug-likeness (QED) is 0.694. The molecule has 1 aromatic rings. The number of nitrogens with zero attached hydrogens (tertiary/aromatic N) is 2. The smallest absolute Gasteiger partial charge is 0.192 e. The third-order valence-corrected chi connectivity index (χ3v) is 2.28. The predicted molar refractivity (Wildman–Crippen MR) is 47.8 cm³/mol. The first-order valence-electron chi connectivity index (χ1n) is 3.67. The molecule has 0 spiro atoms. The summed E-state index contributed by atoms with van der Waals surface area (Å²) < 4.78 is 36.2. The first-order chi connectivity index (χ1) is 6.98. The molecule has 76 valence electrons. The summed E-state index contributed by atoms with van der Waals surface area (Å²) in [6.45, 7) is 0. The maximum absolute atomic E-state index is 12.1. The van der Waals surface area contributed by atoms with Crippen molar-refractivity contribution in [3.8, 4) is 12.1 Å². The van der Waals surface area contributed by atoms with E-state index in [2.05, 4.69) is 0 Å². The van der Waals surface area contributed by atoms with Gasteiger partial charge >= 0.3 is 5.51 Å². The molecule has 0 aromatic heterocycles. The van der Waals surface area contributed by atoms with E-state index < -0.39 is 17.3 Å². The number of alkyl halides is 3. The first kappa shape index (κ1) is 11.4. The number of thioether (sulfide) groups is 1. The Balaban J connectivity index is 3.21. The van der Waals surface area contributed by atoms with Crippen LogP contribution in [-0.2, 0) is 0 Å². The molecule has 1 rings (SSSR count). The van der Waals surface area contributed by atoms with Crippen LogP contribution in [0.25, 0.3) is 0 Å². The molecule has 0 unspecified atom stereocenters. The van der Waals surface area contributed by atoms with Crippen molar-refractivity contribution >= 4 is 11.8 Å². The topological polar surface area (TPSA) is 47.6 Å². The van der Waals surface area contributed by atoms with Gasteiger partial charge in [-0.05, 0) is 23.9 Å². The van der Waals surface area contributed by atoms with Crippen LogP contribution in [0.3, 0.4) is 0 Å². The summed E-state index contributed by atoms with van der Waals surface area (Å²) in [6.07, 6.45) is 0. The van der Waals surface area contributed by atoms with Gasteiger partial charge in [-0.15, -0.1) is 0 Å². The van der Waals surface area contributed by atoms with Crippen molar-refractivity contribution in [1.29, 1.82) is 10.5 Å². The Morgan fingerprint density at radius 2 is 1.80 bits per heavy atom. The van der Waals surface area contributed by atoms with Crippen molar-refractivity contribution in [2.45, 2.75) is 10.4 Å². The molecule has 0 atom stereocenters. The standard InChI is InChI=1S/C9H3F3N2S/c10-9(11,12)15-8-3-1-2-6(4-13)7(8)5-14/h1-3H. The third kappa shape index (κ3) is 2.90. The molecule has 0 saturated carbocycles. The van der Waals surface area contributed by atoms with Crippen LogP contribution < -0.4 is 0 Å². The summed E-state index contributed by atoms with van der Waals surface area (Å²) in [5.41, 5.74) is -4.74. The zero-order chi connectivity index (χ0) is 11.5. The number of halogens is 3. The summed E-state index contributed by atoms with van der Waals surface area (Å²) in [6, 6.07) is 7.05. The average Bonchev–Trinajstić information content (AvgIpc) is 2.15. The van der Waals surface area contributed by atoms with Crippen molar-refractivity contribution in [2.75, 3.05) is 0 Å². The predicted octanol–water partition coefficient (Wildman–Crippen LogP) is 3.04. The summed E-state index contributed by atoms with van der Waals surface area (Å²) in [5.74, 6) is 0. The lowest BCUT2D eigenvalue weighted by molar-refractivity contribution is -0.0328. The van der Waals surface area contributed by atoms with Gasteiger partial charge in [-0.2, -0.15) is 23.7 Å². The monoisotopic (exact) mass is 228 g/mol. The van der Waals surface area contributed by atoms with E-state index in [0.717, 1.165) is 6.07 Å². The molecular formula is C9H3F3N2S. The fourth-order valence-corrected chi connectivity index (χ4v) is 1.60. The van der Waals surface area contributed by atoms with Crippen molar-refractivity contribution in [1.82, 2.24) is 0 Å². The molecule has 0 heterocycles.